The van der Waals surface area contributed by atoms with Crippen molar-refractivity contribution < 1.29 is 0 Å². The third-order valence-electron chi connectivity index (χ3n) is 12.7. The number of hydrogen-bond donors (Lipinski definition) is 0. The summed E-state index contributed by atoms with van der Waals surface area (Å²) in [5.74, 6) is 0. The van der Waals surface area contributed by atoms with E-state index in [9.17, 15) is 0 Å². The molecule has 0 saturated heterocycles. The van der Waals surface area contributed by atoms with Crippen LogP contribution < -0.4 is 0 Å². The van der Waals surface area contributed by atoms with E-state index in [-0.39, 0.29) is 0 Å². The third-order valence-corrected chi connectivity index (χ3v) is 13.8. The van der Waals surface area contributed by atoms with E-state index in [4.69, 9.17) is 4.98 Å². The zero-order valence-electron chi connectivity index (χ0n) is 33.6. The lowest BCUT2D eigenvalue weighted by Crippen LogP contribution is -1.93. The molecule has 0 N–H and O–H groups in total. The smallest absolute Gasteiger partial charge is 0.156 e. The van der Waals surface area contributed by atoms with Crippen molar-refractivity contribution in [2.45, 2.75) is 0 Å². The Bertz CT molecular complexity index is 3810. The molecular formula is C59H36N2S. The summed E-state index contributed by atoms with van der Waals surface area (Å²) in [4.78, 5) is 5.44. The van der Waals surface area contributed by atoms with E-state index in [1.54, 1.807) is 0 Å². The summed E-state index contributed by atoms with van der Waals surface area (Å²) in [6.07, 6.45) is 0. The topological polar surface area (TPSA) is 17.3 Å². The molecule has 0 radical (unpaired) electrons. The largest absolute Gasteiger partial charge is 0.291 e. The maximum atomic E-state index is 5.44. The zero-order valence-corrected chi connectivity index (χ0v) is 34.4. The molecule has 3 heterocycles. The maximum Gasteiger partial charge on any atom is 0.156 e. The van der Waals surface area contributed by atoms with Crippen LogP contribution in [0.25, 0.3) is 125 Å². The second-order valence-corrected chi connectivity index (χ2v) is 17.5. The number of aromatic nitrogens is 2. The molecule has 0 amide bonds. The second kappa shape index (κ2) is 13.9. The highest BCUT2D eigenvalue weighted by atomic mass is 32.1. The number of benzene rings is 10. The predicted molar refractivity (Wildman–Crippen MR) is 265 cm³/mol. The molecule has 0 saturated carbocycles. The molecule has 0 aliphatic heterocycles. The molecule has 0 fully saturated rings. The van der Waals surface area contributed by atoms with Gasteiger partial charge in [-0.3, -0.25) is 4.40 Å². The number of nitrogens with zero attached hydrogens (tertiary/aromatic N) is 2. The molecule has 0 aliphatic carbocycles. The van der Waals surface area contributed by atoms with Crippen LogP contribution >= 0.6 is 11.3 Å². The van der Waals surface area contributed by atoms with E-state index in [1.165, 1.54) is 97.0 Å². The molecule has 13 rings (SSSR count). The van der Waals surface area contributed by atoms with E-state index >= 15 is 0 Å². The van der Waals surface area contributed by atoms with Crippen LogP contribution in [0.1, 0.15) is 0 Å². The first kappa shape index (κ1) is 35.0. The quantitative estimate of drug-likeness (QED) is 0.158. The Kier molecular flexibility index (Phi) is 7.81. The van der Waals surface area contributed by atoms with E-state index < -0.39 is 0 Å². The van der Waals surface area contributed by atoms with Crippen LogP contribution in [0.3, 0.4) is 0 Å². The van der Waals surface area contributed by atoms with Gasteiger partial charge in [-0.05, 0) is 143 Å². The minimum atomic E-state index is 1.00. The van der Waals surface area contributed by atoms with Gasteiger partial charge in [0.25, 0.3) is 0 Å². The summed E-state index contributed by atoms with van der Waals surface area (Å²) < 4.78 is 4.90. The van der Waals surface area contributed by atoms with E-state index in [2.05, 4.69) is 223 Å². The molecule has 0 unspecified atom stereocenters. The lowest BCUT2D eigenvalue weighted by Gasteiger charge is -2.12. The van der Waals surface area contributed by atoms with Crippen molar-refractivity contribution >= 4 is 80.5 Å². The molecule has 0 spiro atoms. The van der Waals surface area contributed by atoms with Crippen LogP contribution in [-0.4, -0.2) is 9.38 Å². The fourth-order valence-electron chi connectivity index (χ4n) is 9.51. The van der Waals surface area contributed by atoms with Gasteiger partial charge in [0.05, 0.1) is 21.4 Å². The molecule has 3 heteroatoms. The molecule has 0 aliphatic rings. The van der Waals surface area contributed by atoms with Gasteiger partial charge >= 0.3 is 0 Å². The Labute approximate surface area is 362 Å². The highest BCUT2D eigenvalue weighted by molar-refractivity contribution is 7.26. The van der Waals surface area contributed by atoms with Crippen molar-refractivity contribution in [1.29, 1.82) is 0 Å². The Hall–Kier alpha value is -7.85. The monoisotopic (exact) mass is 804 g/mol. The molecule has 62 heavy (non-hydrogen) atoms. The van der Waals surface area contributed by atoms with Crippen molar-refractivity contribution in [3.8, 4) is 55.8 Å². The SMILES string of the molecule is c1ccc(-c2cc(-c3ccccc3)cc(-c3ccc(-c4ccc(-c5cc6c7cc8ccccc8cc7sc6c6nc7cc8cc9ccccc9cc8cc7n56)cc4)cc3)c2)cc1. The fourth-order valence-corrected chi connectivity index (χ4v) is 10.7. The highest BCUT2D eigenvalue weighted by Crippen LogP contribution is 2.43. The van der Waals surface area contributed by atoms with Crippen LogP contribution in [0.15, 0.2) is 218 Å². The van der Waals surface area contributed by atoms with Gasteiger partial charge in [-0.1, -0.05) is 158 Å². The van der Waals surface area contributed by atoms with E-state index in [1.807, 2.05) is 11.3 Å². The number of pyridine rings is 1. The third kappa shape index (κ3) is 5.74. The maximum absolute atomic E-state index is 5.44. The molecule has 13 aromatic rings. The van der Waals surface area contributed by atoms with Crippen LogP contribution in [0.4, 0.5) is 0 Å². The van der Waals surface area contributed by atoms with Gasteiger partial charge in [0.2, 0.25) is 0 Å². The minimum absolute atomic E-state index is 1.00. The summed E-state index contributed by atoms with van der Waals surface area (Å²) in [6.45, 7) is 0. The second-order valence-electron chi connectivity index (χ2n) is 16.4. The Morgan fingerprint density at radius 2 is 0.774 bits per heavy atom. The van der Waals surface area contributed by atoms with Crippen molar-refractivity contribution in [2.24, 2.45) is 0 Å². The number of imidazole rings is 1. The van der Waals surface area contributed by atoms with Crippen LogP contribution in [0, 0.1) is 0 Å². The lowest BCUT2D eigenvalue weighted by molar-refractivity contribution is 1.25. The van der Waals surface area contributed by atoms with Gasteiger partial charge in [-0.2, -0.15) is 0 Å². The van der Waals surface area contributed by atoms with Crippen LogP contribution in [0.5, 0.6) is 0 Å². The first-order valence-corrected chi connectivity index (χ1v) is 22.0. The number of fused-ring (bicyclic) bond motifs is 10. The summed E-state index contributed by atoms with van der Waals surface area (Å²) in [5, 5.41) is 9.94. The Morgan fingerprint density at radius 3 is 1.34 bits per heavy atom. The summed E-state index contributed by atoms with van der Waals surface area (Å²) in [7, 11) is 0. The summed E-state index contributed by atoms with van der Waals surface area (Å²) in [6, 6.07) is 80.0. The average molecular weight is 805 g/mol. The van der Waals surface area contributed by atoms with Gasteiger partial charge < -0.3 is 0 Å². The molecule has 0 bridgehead atoms. The van der Waals surface area contributed by atoms with Gasteiger partial charge in [-0.25, -0.2) is 4.98 Å². The van der Waals surface area contributed by atoms with Crippen LogP contribution in [-0.2, 0) is 0 Å². The first-order valence-electron chi connectivity index (χ1n) is 21.2. The molecule has 2 nitrogen and oxygen atoms in total. The van der Waals surface area contributed by atoms with Gasteiger partial charge in [0, 0.05) is 15.5 Å². The average Bonchev–Trinajstić information content (AvgIpc) is 3.89. The molecule has 3 aromatic heterocycles. The fraction of sp³-hybridized carbons (Fsp3) is 0. The summed E-state index contributed by atoms with van der Waals surface area (Å²) >= 11 is 1.85. The molecule has 288 valence electrons. The molecule has 10 aromatic carbocycles. The number of rotatable bonds is 5. The predicted octanol–water partition coefficient (Wildman–Crippen LogP) is 16.6. The normalized spacial score (nSPS) is 11.9. The van der Waals surface area contributed by atoms with Crippen molar-refractivity contribution in [3.05, 3.63) is 218 Å². The number of hydrogen-bond acceptors (Lipinski definition) is 2. The van der Waals surface area contributed by atoms with Crippen molar-refractivity contribution in [3.63, 3.8) is 0 Å². The summed E-state index contributed by atoms with van der Waals surface area (Å²) in [5.41, 5.74) is 15.0. The number of thiophene rings is 1. The lowest BCUT2D eigenvalue weighted by atomic mass is 9.92. The standard InChI is InChI=1S/C59H36N2S/c1-3-11-37(12-4-1)47-29-48(38-13-5-2-6-14-38)31-49(30-47)41-21-19-39(20-22-41)40-23-25-42(26-24-40)55-36-53-52-32-45-17-9-10-18-46(45)35-57(52)62-58(53)59-60-54-33-50-27-43-15-7-8-16-44(43)28-51(50)34-56(54)61(55)59/h1-36H. The Morgan fingerprint density at radius 1 is 0.323 bits per heavy atom. The van der Waals surface area contributed by atoms with Crippen molar-refractivity contribution in [1.82, 2.24) is 9.38 Å². The highest BCUT2D eigenvalue weighted by Gasteiger charge is 2.19. The van der Waals surface area contributed by atoms with Gasteiger partial charge in [0.1, 0.15) is 0 Å². The molecular weight excluding hydrogens is 769 g/mol. The minimum Gasteiger partial charge on any atom is -0.291 e. The van der Waals surface area contributed by atoms with E-state index in [0.29, 0.717) is 0 Å². The van der Waals surface area contributed by atoms with Gasteiger partial charge in [-0.15, -0.1) is 11.3 Å². The van der Waals surface area contributed by atoms with Crippen LogP contribution in [0.2, 0.25) is 0 Å². The Balaban J connectivity index is 0.937. The molecule has 0 atom stereocenters. The first-order chi connectivity index (χ1) is 30.7. The zero-order chi connectivity index (χ0) is 40.7. The van der Waals surface area contributed by atoms with Gasteiger partial charge in [0.15, 0.2) is 5.65 Å². The van der Waals surface area contributed by atoms with Crippen molar-refractivity contribution in [2.75, 3.05) is 0 Å². The van der Waals surface area contributed by atoms with E-state index in [0.717, 1.165) is 27.9 Å².